The van der Waals surface area contributed by atoms with Crippen molar-refractivity contribution in [3.05, 3.63) is 25.3 Å². The Morgan fingerprint density at radius 3 is 1.55 bits per heavy atom. The van der Waals surface area contributed by atoms with Gasteiger partial charge in [-0.2, -0.15) is 0 Å². The summed E-state index contributed by atoms with van der Waals surface area (Å²) in [5.74, 6) is -1.49. The Kier molecular flexibility index (Phi) is 8.49. The molecule has 0 unspecified atom stereocenters. The van der Waals surface area contributed by atoms with E-state index in [1.165, 1.54) is 26.0 Å². The van der Waals surface area contributed by atoms with E-state index in [1.807, 2.05) is 0 Å². The number of carbonyl (C=O) groups is 3. The van der Waals surface area contributed by atoms with Gasteiger partial charge in [0.2, 0.25) is 0 Å². The molecule has 0 N–H and O–H groups in total. The van der Waals surface area contributed by atoms with Gasteiger partial charge in [-0.05, 0) is 13.8 Å². The van der Waals surface area contributed by atoms with E-state index in [2.05, 4.69) is 32.1 Å². The first-order chi connectivity index (χ1) is 9.42. The summed E-state index contributed by atoms with van der Waals surface area (Å²) >= 11 is 0. The van der Waals surface area contributed by atoms with Gasteiger partial charge < -0.3 is 18.9 Å². The maximum absolute atomic E-state index is 11.3. The van der Waals surface area contributed by atoms with Crippen LogP contribution >= 0.6 is 0 Å². The maximum atomic E-state index is 11.3. The van der Waals surface area contributed by atoms with Crippen LogP contribution < -0.4 is 0 Å². The smallest absolute Gasteiger partial charge is 0.459 e. The first-order valence-electron chi connectivity index (χ1n) is 5.84. The topological polar surface area (TPSA) is 88.1 Å². The zero-order valence-corrected chi connectivity index (χ0v) is 11.5. The summed E-state index contributed by atoms with van der Waals surface area (Å²) in [5.41, 5.74) is 0. The third kappa shape index (κ3) is 7.20. The molecule has 0 aromatic heterocycles. The van der Waals surface area contributed by atoms with Crippen LogP contribution in [0.2, 0.25) is 0 Å². The third-order valence-corrected chi connectivity index (χ3v) is 1.90. The molecule has 0 heterocycles. The van der Waals surface area contributed by atoms with Crippen LogP contribution in [0.4, 0.5) is 4.79 Å². The fourth-order valence-corrected chi connectivity index (χ4v) is 0.930. The zero-order chi connectivity index (χ0) is 15.5. The molecule has 0 spiro atoms. The van der Waals surface area contributed by atoms with Crippen molar-refractivity contribution in [1.29, 1.82) is 0 Å². The van der Waals surface area contributed by atoms with Crippen LogP contribution in [0.3, 0.4) is 0 Å². The third-order valence-electron chi connectivity index (χ3n) is 1.90. The van der Waals surface area contributed by atoms with Gasteiger partial charge in [0.1, 0.15) is 13.2 Å². The van der Waals surface area contributed by atoms with Gasteiger partial charge in [-0.15, -0.1) is 0 Å². The average molecular weight is 286 g/mol. The predicted octanol–water partition coefficient (Wildman–Crippen LogP) is 1.38. The SMILES string of the molecule is C=CCOC(=O)[C@H](C)OC(=O)O[C@H](C)C(=O)OCC=C. The molecule has 0 rings (SSSR count). The first-order valence-corrected chi connectivity index (χ1v) is 5.84. The van der Waals surface area contributed by atoms with E-state index in [1.54, 1.807) is 0 Å². The zero-order valence-electron chi connectivity index (χ0n) is 11.5. The fourth-order valence-electron chi connectivity index (χ4n) is 0.930. The summed E-state index contributed by atoms with van der Waals surface area (Å²) < 4.78 is 18.6. The average Bonchev–Trinajstić information content (AvgIpc) is 2.41. The van der Waals surface area contributed by atoms with Gasteiger partial charge >= 0.3 is 18.1 Å². The van der Waals surface area contributed by atoms with Crippen LogP contribution in [0.25, 0.3) is 0 Å². The largest absolute Gasteiger partial charge is 0.509 e. The molecule has 0 aliphatic rings. The van der Waals surface area contributed by atoms with Crippen LogP contribution in [0, 0.1) is 0 Å². The molecule has 0 saturated carbocycles. The molecule has 7 nitrogen and oxygen atoms in total. The minimum absolute atomic E-state index is 0.00582. The molecule has 0 aromatic carbocycles. The Morgan fingerprint density at radius 1 is 0.900 bits per heavy atom. The van der Waals surface area contributed by atoms with E-state index in [4.69, 9.17) is 0 Å². The molecule has 0 radical (unpaired) electrons. The number of rotatable bonds is 8. The Labute approximate surface area is 117 Å². The molecule has 20 heavy (non-hydrogen) atoms. The van der Waals surface area contributed by atoms with E-state index in [-0.39, 0.29) is 13.2 Å². The first kappa shape index (κ1) is 17.7. The molecule has 0 bridgehead atoms. The molecule has 2 atom stereocenters. The molecule has 0 amide bonds. The van der Waals surface area contributed by atoms with E-state index >= 15 is 0 Å². The van der Waals surface area contributed by atoms with Gasteiger partial charge in [0.25, 0.3) is 0 Å². The van der Waals surface area contributed by atoms with Gasteiger partial charge in [-0.1, -0.05) is 25.3 Å². The van der Waals surface area contributed by atoms with Gasteiger partial charge in [0.15, 0.2) is 12.2 Å². The monoisotopic (exact) mass is 286 g/mol. The lowest BCUT2D eigenvalue weighted by Gasteiger charge is -2.14. The van der Waals surface area contributed by atoms with E-state index in [0.717, 1.165) is 0 Å². The van der Waals surface area contributed by atoms with Crippen molar-refractivity contribution in [2.45, 2.75) is 26.1 Å². The van der Waals surface area contributed by atoms with Crippen LogP contribution in [0.15, 0.2) is 25.3 Å². The Bertz CT molecular complexity index is 341. The molecular weight excluding hydrogens is 268 g/mol. The van der Waals surface area contributed by atoms with Crippen molar-refractivity contribution in [3.63, 3.8) is 0 Å². The maximum Gasteiger partial charge on any atom is 0.509 e. The number of carbonyl (C=O) groups excluding carboxylic acids is 3. The Hall–Kier alpha value is -2.31. The van der Waals surface area contributed by atoms with Gasteiger partial charge in [-0.25, -0.2) is 14.4 Å². The number of ether oxygens (including phenoxy) is 4. The summed E-state index contributed by atoms with van der Waals surface area (Å²) in [6.07, 6.45) is -0.727. The quantitative estimate of drug-likeness (QED) is 0.378. The van der Waals surface area contributed by atoms with Crippen molar-refractivity contribution in [1.82, 2.24) is 0 Å². The summed E-state index contributed by atoms with van der Waals surface area (Å²) in [7, 11) is 0. The summed E-state index contributed by atoms with van der Waals surface area (Å²) in [4.78, 5) is 33.9. The lowest BCUT2D eigenvalue weighted by molar-refractivity contribution is -0.156. The second-order valence-corrected chi connectivity index (χ2v) is 3.61. The van der Waals surface area contributed by atoms with Crippen LogP contribution in [-0.2, 0) is 28.5 Å². The fraction of sp³-hybridized carbons (Fsp3) is 0.462. The summed E-state index contributed by atoms with van der Waals surface area (Å²) in [5, 5.41) is 0. The minimum Gasteiger partial charge on any atom is -0.459 e. The van der Waals surface area contributed by atoms with Gasteiger partial charge in [0, 0.05) is 0 Å². The second kappa shape index (κ2) is 9.60. The highest BCUT2D eigenvalue weighted by Crippen LogP contribution is 2.02. The Morgan fingerprint density at radius 2 is 1.25 bits per heavy atom. The number of hydrogen-bond donors (Lipinski definition) is 0. The molecule has 7 heteroatoms. The van der Waals surface area contributed by atoms with Crippen molar-refractivity contribution in [2.24, 2.45) is 0 Å². The van der Waals surface area contributed by atoms with Crippen LogP contribution in [0.1, 0.15) is 13.8 Å². The number of esters is 2. The highest BCUT2D eigenvalue weighted by molar-refractivity contribution is 5.79. The van der Waals surface area contributed by atoms with Crippen molar-refractivity contribution < 1.29 is 33.3 Å². The summed E-state index contributed by atoms with van der Waals surface area (Å²) in [6, 6.07) is 0. The van der Waals surface area contributed by atoms with Crippen molar-refractivity contribution >= 4 is 18.1 Å². The van der Waals surface area contributed by atoms with Crippen molar-refractivity contribution in [3.8, 4) is 0 Å². The molecule has 0 fully saturated rings. The molecule has 112 valence electrons. The van der Waals surface area contributed by atoms with E-state index in [0.29, 0.717) is 0 Å². The van der Waals surface area contributed by atoms with Gasteiger partial charge in [0.05, 0.1) is 0 Å². The molecule has 0 saturated heterocycles. The summed E-state index contributed by atoms with van der Waals surface area (Å²) in [6.45, 7) is 9.37. The number of hydrogen-bond acceptors (Lipinski definition) is 7. The molecular formula is C13H18O7. The Balaban J connectivity index is 4.14. The highest BCUT2D eigenvalue weighted by atomic mass is 16.7. The lowest BCUT2D eigenvalue weighted by Crippen LogP contribution is -2.31. The molecule has 0 aromatic rings. The van der Waals surface area contributed by atoms with E-state index in [9.17, 15) is 14.4 Å². The van der Waals surface area contributed by atoms with Crippen LogP contribution in [-0.4, -0.2) is 43.5 Å². The standard InChI is InChI=1S/C13H18O7/c1-5-7-17-11(14)9(3)19-13(16)20-10(4)12(15)18-8-6-2/h5-6,9-10H,1-2,7-8H2,3-4H3/t9-,10+. The lowest BCUT2D eigenvalue weighted by atomic mass is 10.4. The molecule has 0 aliphatic heterocycles. The second-order valence-electron chi connectivity index (χ2n) is 3.61. The predicted molar refractivity (Wildman–Crippen MR) is 68.8 cm³/mol. The van der Waals surface area contributed by atoms with Crippen LogP contribution in [0.5, 0.6) is 0 Å². The highest BCUT2D eigenvalue weighted by Gasteiger charge is 2.24. The molecule has 0 aliphatic carbocycles. The van der Waals surface area contributed by atoms with Gasteiger partial charge in [-0.3, -0.25) is 0 Å². The van der Waals surface area contributed by atoms with E-state index < -0.39 is 30.3 Å². The van der Waals surface area contributed by atoms with Crippen molar-refractivity contribution in [2.75, 3.05) is 13.2 Å². The minimum atomic E-state index is -1.17. The normalized spacial score (nSPS) is 12.5.